The van der Waals surface area contributed by atoms with Gasteiger partial charge in [0, 0.05) is 12.1 Å². The molecule has 0 heterocycles. The van der Waals surface area contributed by atoms with Gasteiger partial charge in [-0.05, 0) is 17.7 Å². The number of nitrogen functional groups attached to an aromatic ring is 1. The highest BCUT2D eigenvalue weighted by Gasteiger charge is 2.27. The highest BCUT2D eigenvalue weighted by molar-refractivity contribution is 7.46. The summed E-state index contributed by atoms with van der Waals surface area (Å²) in [6.07, 6.45) is -0.120. The third-order valence-corrected chi connectivity index (χ3v) is 3.05. The van der Waals surface area contributed by atoms with E-state index in [1.165, 1.54) is 0 Å². The molecule has 0 bridgehead atoms. The zero-order chi connectivity index (χ0) is 14.7. The predicted molar refractivity (Wildman–Crippen MR) is 74.4 cm³/mol. The van der Waals surface area contributed by atoms with E-state index < -0.39 is 13.9 Å². The standard InChI is InChI=1S/C12H21N2O4P/c1-14(2,3)9-12(18-19(15,16)17)8-10-4-6-11(13)7-5-10/h4-7,12H,8-9,13H2,1-3H3,(H-,15,16,17)/p+1. The zero-order valence-electron chi connectivity index (χ0n) is 11.5. The second kappa shape index (κ2) is 6.03. The van der Waals surface area contributed by atoms with Gasteiger partial charge in [-0.1, -0.05) is 12.1 Å². The minimum Gasteiger partial charge on any atom is -0.399 e. The first-order valence-electron chi connectivity index (χ1n) is 5.94. The Balaban J connectivity index is 2.79. The van der Waals surface area contributed by atoms with E-state index in [9.17, 15) is 4.57 Å². The molecule has 6 nitrogen and oxygen atoms in total. The van der Waals surface area contributed by atoms with Crippen molar-refractivity contribution in [3.63, 3.8) is 0 Å². The number of hydrogen-bond donors (Lipinski definition) is 3. The SMILES string of the molecule is C[N+](C)(C)CC(Cc1ccc(N)cc1)OP(=O)(O)O. The Hall–Kier alpha value is -0.910. The van der Waals surface area contributed by atoms with Crippen LogP contribution >= 0.6 is 7.82 Å². The van der Waals surface area contributed by atoms with Gasteiger partial charge in [0.1, 0.15) is 12.6 Å². The van der Waals surface area contributed by atoms with Gasteiger partial charge >= 0.3 is 7.82 Å². The first-order chi connectivity index (χ1) is 8.55. The van der Waals surface area contributed by atoms with Gasteiger partial charge in [-0.2, -0.15) is 0 Å². The smallest absolute Gasteiger partial charge is 0.399 e. The first kappa shape index (κ1) is 16.1. The molecule has 108 valence electrons. The molecule has 1 atom stereocenters. The molecule has 1 aromatic rings. The molecule has 7 heteroatoms. The molecular weight excluding hydrogens is 267 g/mol. The molecule has 0 aliphatic heterocycles. The molecule has 0 spiro atoms. The Morgan fingerprint density at radius 2 is 1.79 bits per heavy atom. The Morgan fingerprint density at radius 1 is 1.26 bits per heavy atom. The van der Waals surface area contributed by atoms with E-state index in [1.54, 1.807) is 12.1 Å². The van der Waals surface area contributed by atoms with Crippen LogP contribution in [0.25, 0.3) is 0 Å². The third-order valence-electron chi connectivity index (χ3n) is 2.48. The number of benzene rings is 1. The lowest BCUT2D eigenvalue weighted by atomic mass is 10.1. The van der Waals surface area contributed by atoms with Crippen LogP contribution in [0.1, 0.15) is 5.56 Å². The molecule has 1 rings (SSSR count). The molecule has 0 amide bonds. The van der Waals surface area contributed by atoms with E-state index >= 15 is 0 Å². The van der Waals surface area contributed by atoms with Gasteiger partial charge in [-0.25, -0.2) is 4.57 Å². The largest absolute Gasteiger partial charge is 0.470 e. The number of likely N-dealkylation sites (N-methyl/N-ethyl adjacent to an activating group) is 1. The minimum absolute atomic E-state index is 0.431. The molecule has 0 aromatic heterocycles. The van der Waals surface area contributed by atoms with E-state index in [0.717, 1.165) is 5.56 Å². The van der Waals surface area contributed by atoms with Gasteiger partial charge in [0.05, 0.1) is 21.1 Å². The molecule has 0 aliphatic rings. The summed E-state index contributed by atoms with van der Waals surface area (Å²) in [6, 6.07) is 7.19. The number of phosphoric acid groups is 1. The van der Waals surface area contributed by atoms with Crippen molar-refractivity contribution < 1.29 is 23.4 Å². The number of hydrogen-bond acceptors (Lipinski definition) is 3. The number of phosphoric ester groups is 1. The maximum absolute atomic E-state index is 11.0. The lowest BCUT2D eigenvalue weighted by molar-refractivity contribution is -0.873. The number of rotatable bonds is 6. The summed E-state index contributed by atoms with van der Waals surface area (Å²) in [7, 11) is 1.34. The van der Waals surface area contributed by atoms with Crippen molar-refractivity contribution in [3.8, 4) is 0 Å². The van der Waals surface area contributed by atoms with Crippen LogP contribution in [0.15, 0.2) is 24.3 Å². The average Bonchev–Trinajstić information content (AvgIpc) is 2.16. The molecule has 4 N–H and O–H groups in total. The molecule has 0 saturated carbocycles. The fourth-order valence-electron chi connectivity index (χ4n) is 1.86. The predicted octanol–water partition coefficient (Wildman–Crippen LogP) is 0.995. The van der Waals surface area contributed by atoms with Gasteiger partial charge < -0.3 is 20.0 Å². The summed E-state index contributed by atoms with van der Waals surface area (Å²) < 4.78 is 16.4. The fraction of sp³-hybridized carbons (Fsp3) is 0.500. The van der Waals surface area contributed by atoms with Gasteiger partial charge in [-0.3, -0.25) is 4.52 Å². The van der Waals surface area contributed by atoms with E-state index in [4.69, 9.17) is 20.0 Å². The molecule has 0 saturated heterocycles. The first-order valence-corrected chi connectivity index (χ1v) is 7.47. The number of nitrogens with zero attached hydrogens (tertiary/aromatic N) is 1. The molecule has 0 fully saturated rings. The summed E-state index contributed by atoms with van der Waals surface area (Å²) in [5.41, 5.74) is 7.19. The second-order valence-corrected chi connectivity index (χ2v) is 6.83. The van der Waals surface area contributed by atoms with E-state index in [-0.39, 0.29) is 0 Å². The highest BCUT2D eigenvalue weighted by atomic mass is 31.2. The maximum Gasteiger partial charge on any atom is 0.470 e. The van der Waals surface area contributed by atoms with E-state index in [0.29, 0.717) is 23.1 Å². The van der Waals surface area contributed by atoms with E-state index in [2.05, 4.69) is 0 Å². The van der Waals surface area contributed by atoms with Crippen molar-refractivity contribution in [2.24, 2.45) is 0 Å². The quantitative estimate of drug-likeness (QED) is 0.413. The van der Waals surface area contributed by atoms with Gasteiger partial charge in [0.2, 0.25) is 0 Å². The summed E-state index contributed by atoms with van der Waals surface area (Å²) in [4.78, 5) is 17.9. The van der Waals surface area contributed by atoms with Crippen LogP contribution in [-0.2, 0) is 15.5 Å². The molecule has 1 unspecified atom stereocenters. The second-order valence-electron chi connectivity index (χ2n) is 5.64. The number of nitrogens with two attached hydrogens (primary N) is 1. The number of anilines is 1. The van der Waals surface area contributed by atoms with Crippen molar-refractivity contribution in [1.82, 2.24) is 0 Å². The summed E-state index contributed by atoms with van der Waals surface area (Å²) in [5, 5.41) is 0. The zero-order valence-corrected chi connectivity index (χ0v) is 12.4. The molecule has 0 radical (unpaired) electrons. The topological polar surface area (TPSA) is 92.8 Å². The molecular formula is C12H22N2O4P+. The van der Waals surface area contributed by atoms with Gasteiger partial charge in [-0.15, -0.1) is 0 Å². The minimum atomic E-state index is -4.49. The number of quaternary nitrogens is 1. The fourth-order valence-corrected chi connectivity index (χ4v) is 2.39. The monoisotopic (exact) mass is 289 g/mol. The normalized spacial score (nSPS) is 14.4. The van der Waals surface area contributed by atoms with Crippen LogP contribution in [0, 0.1) is 0 Å². The van der Waals surface area contributed by atoms with Crippen LogP contribution < -0.4 is 5.73 Å². The summed E-state index contributed by atoms with van der Waals surface area (Å²) >= 11 is 0. The van der Waals surface area contributed by atoms with Crippen LogP contribution in [0.2, 0.25) is 0 Å². The lowest BCUT2D eigenvalue weighted by Crippen LogP contribution is -2.42. The Bertz CT molecular complexity index is 450. The van der Waals surface area contributed by atoms with Gasteiger partial charge in [0.15, 0.2) is 0 Å². The lowest BCUT2D eigenvalue weighted by Gasteiger charge is -2.29. The van der Waals surface area contributed by atoms with E-state index in [1.807, 2.05) is 33.3 Å². The Labute approximate surface area is 113 Å². The third kappa shape index (κ3) is 7.30. The van der Waals surface area contributed by atoms with Crippen molar-refractivity contribution in [2.75, 3.05) is 33.4 Å². The average molecular weight is 289 g/mol. The highest BCUT2D eigenvalue weighted by Crippen LogP contribution is 2.38. The van der Waals surface area contributed by atoms with Crippen LogP contribution in [0.3, 0.4) is 0 Å². The summed E-state index contributed by atoms with van der Waals surface area (Å²) in [6.45, 7) is 0.496. The molecule has 0 aliphatic carbocycles. The summed E-state index contributed by atoms with van der Waals surface area (Å²) in [5.74, 6) is 0. The van der Waals surface area contributed by atoms with Crippen LogP contribution in [0.4, 0.5) is 5.69 Å². The maximum atomic E-state index is 11.0. The van der Waals surface area contributed by atoms with Crippen molar-refractivity contribution in [2.45, 2.75) is 12.5 Å². The molecule has 1 aromatic carbocycles. The van der Waals surface area contributed by atoms with Crippen molar-refractivity contribution in [3.05, 3.63) is 29.8 Å². The van der Waals surface area contributed by atoms with Crippen LogP contribution in [0.5, 0.6) is 0 Å². The van der Waals surface area contributed by atoms with Crippen molar-refractivity contribution >= 4 is 13.5 Å². The Morgan fingerprint density at radius 3 is 2.21 bits per heavy atom. The van der Waals surface area contributed by atoms with Crippen LogP contribution in [-0.4, -0.2) is 48.1 Å². The van der Waals surface area contributed by atoms with Gasteiger partial charge in [0.25, 0.3) is 0 Å². The molecule has 19 heavy (non-hydrogen) atoms. The Kier molecular flexibility index (Phi) is 5.12. The van der Waals surface area contributed by atoms with Crippen molar-refractivity contribution in [1.29, 1.82) is 0 Å².